The number of para-hydroxylation sites is 1. The van der Waals surface area contributed by atoms with Crippen molar-refractivity contribution in [2.75, 3.05) is 11.4 Å². The average Bonchev–Trinajstić information content (AvgIpc) is 2.84. The molecule has 1 aromatic carbocycles. The van der Waals surface area contributed by atoms with Crippen molar-refractivity contribution in [3.8, 4) is 0 Å². The molecule has 1 saturated carbocycles. The van der Waals surface area contributed by atoms with E-state index < -0.39 is 5.97 Å². The van der Waals surface area contributed by atoms with Crippen LogP contribution in [0.25, 0.3) is 0 Å². The molecule has 0 spiro atoms. The van der Waals surface area contributed by atoms with Crippen LogP contribution in [0.5, 0.6) is 0 Å². The van der Waals surface area contributed by atoms with E-state index in [0.29, 0.717) is 6.04 Å². The van der Waals surface area contributed by atoms with Crippen molar-refractivity contribution in [3.63, 3.8) is 0 Å². The van der Waals surface area contributed by atoms with Gasteiger partial charge in [-0.15, -0.1) is 0 Å². The largest absolute Gasteiger partial charge is 0.481 e. The van der Waals surface area contributed by atoms with E-state index >= 15 is 0 Å². The Bertz CT molecular complexity index is 478. The normalized spacial score (nSPS) is 19.5. The van der Waals surface area contributed by atoms with Crippen LogP contribution in [0.4, 0.5) is 5.69 Å². The van der Waals surface area contributed by atoms with E-state index in [0.717, 1.165) is 18.5 Å². The van der Waals surface area contributed by atoms with Gasteiger partial charge in [-0.1, -0.05) is 37.5 Å². The van der Waals surface area contributed by atoms with Crippen molar-refractivity contribution in [2.24, 2.45) is 0 Å². The zero-order chi connectivity index (χ0) is 13.2. The molecule has 0 atom stereocenters. The lowest BCUT2D eigenvalue weighted by molar-refractivity contribution is -0.136. The fourth-order valence-corrected chi connectivity index (χ4v) is 3.63. The number of hydrogen-bond donors (Lipinski definition) is 1. The molecular weight excluding hydrogens is 238 g/mol. The summed E-state index contributed by atoms with van der Waals surface area (Å²) in [6.07, 6.45) is 7.73. The van der Waals surface area contributed by atoms with Crippen LogP contribution in [-0.4, -0.2) is 23.7 Å². The molecule has 3 rings (SSSR count). The number of aliphatic carboxylic acids is 1. The molecule has 3 heteroatoms. The predicted molar refractivity (Wildman–Crippen MR) is 75.7 cm³/mol. The standard InChI is InChI=1S/C16H21NO2/c18-15(19)11-13-6-4-5-12-9-10-17(16(12)13)14-7-2-1-3-8-14/h4-6,14H,1-3,7-11H2,(H,18,19). The fourth-order valence-electron chi connectivity index (χ4n) is 3.63. The number of rotatable bonds is 3. The van der Waals surface area contributed by atoms with Gasteiger partial charge in [-0.2, -0.15) is 0 Å². The molecule has 1 fully saturated rings. The van der Waals surface area contributed by atoms with Crippen molar-refractivity contribution in [2.45, 2.75) is 51.0 Å². The summed E-state index contributed by atoms with van der Waals surface area (Å²) in [5.74, 6) is -0.733. The number of fused-ring (bicyclic) bond motifs is 1. The molecule has 0 saturated heterocycles. The minimum Gasteiger partial charge on any atom is -0.481 e. The Labute approximate surface area is 114 Å². The molecular formula is C16H21NO2. The van der Waals surface area contributed by atoms with Gasteiger partial charge in [0.25, 0.3) is 0 Å². The first-order chi connectivity index (χ1) is 9.25. The van der Waals surface area contributed by atoms with Gasteiger partial charge in [0.2, 0.25) is 0 Å². The molecule has 1 heterocycles. The maximum atomic E-state index is 11.0. The number of carbonyl (C=O) groups is 1. The fraction of sp³-hybridized carbons (Fsp3) is 0.562. The number of hydrogen-bond acceptors (Lipinski definition) is 2. The Morgan fingerprint density at radius 1 is 1.26 bits per heavy atom. The Balaban J connectivity index is 1.90. The number of benzene rings is 1. The molecule has 2 aliphatic rings. The summed E-state index contributed by atoms with van der Waals surface area (Å²) in [5.41, 5.74) is 3.56. The first-order valence-electron chi connectivity index (χ1n) is 7.35. The molecule has 0 radical (unpaired) electrons. The highest BCUT2D eigenvalue weighted by molar-refractivity contribution is 5.76. The molecule has 102 valence electrons. The van der Waals surface area contributed by atoms with Crippen LogP contribution in [0.3, 0.4) is 0 Å². The maximum Gasteiger partial charge on any atom is 0.307 e. The van der Waals surface area contributed by atoms with E-state index in [4.69, 9.17) is 5.11 Å². The lowest BCUT2D eigenvalue weighted by Gasteiger charge is -2.34. The van der Waals surface area contributed by atoms with E-state index in [-0.39, 0.29) is 6.42 Å². The zero-order valence-electron chi connectivity index (χ0n) is 11.3. The van der Waals surface area contributed by atoms with Crippen molar-refractivity contribution in [1.82, 2.24) is 0 Å². The van der Waals surface area contributed by atoms with Gasteiger partial charge in [0.05, 0.1) is 6.42 Å². The van der Waals surface area contributed by atoms with Crippen LogP contribution in [0, 0.1) is 0 Å². The third kappa shape index (κ3) is 2.46. The predicted octanol–water partition coefficient (Wildman–Crippen LogP) is 3.01. The maximum absolute atomic E-state index is 11.0. The summed E-state index contributed by atoms with van der Waals surface area (Å²) in [7, 11) is 0. The molecule has 1 aliphatic carbocycles. The van der Waals surface area contributed by atoms with Gasteiger partial charge >= 0.3 is 5.97 Å². The van der Waals surface area contributed by atoms with Crippen LogP contribution < -0.4 is 4.90 Å². The van der Waals surface area contributed by atoms with Crippen molar-refractivity contribution in [3.05, 3.63) is 29.3 Å². The molecule has 1 aromatic rings. The lowest BCUT2D eigenvalue weighted by atomic mass is 9.93. The van der Waals surface area contributed by atoms with E-state index in [1.807, 2.05) is 12.1 Å². The van der Waals surface area contributed by atoms with Crippen molar-refractivity contribution in [1.29, 1.82) is 0 Å². The Kier molecular flexibility index (Phi) is 3.45. The van der Waals surface area contributed by atoms with Crippen LogP contribution in [-0.2, 0) is 17.6 Å². The third-order valence-electron chi connectivity index (χ3n) is 4.47. The van der Waals surface area contributed by atoms with Gasteiger partial charge in [0.15, 0.2) is 0 Å². The molecule has 0 unspecified atom stereocenters. The molecule has 1 aliphatic heterocycles. The average molecular weight is 259 g/mol. The molecule has 0 aromatic heterocycles. The van der Waals surface area contributed by atoms with Crippen LogP contribution >= 0.6 is 0 Å². The summed E-state index contributed by atoms with van der Waals surface area (Å²) in [5, 5.41) is 9.08. The highest BCUT2D eigenvalue weighted by Crippen LogP contribution is 2.37. The lowest BCUT2D eigenvalue weighted by Crippen LogP contribution is -2.36. The van der Waals surface area contributed by atoms with Crippen LogP contribution in [0.1, 0.15) is 43.2 Å². The zero-order valence-corrected chi connectivity index (χ0v) is 11.3. The molecule has 3 nitrogen and oxygen atoms in total. The second-order valence-electron chi connectivity index (χ2n) is 5.73. The Morgan fingerprint density at radius 3 is 2.79 bits per heavy atom. The minimum absolute atomic E-state index is 0.145. The van der Waals surface area contributed by atoms with Gasteiger partial charge in [0.1, 0.15) is 0 Å². The van der Waals surface area contributed by atoms with Crippen LogP contribution in [0.15, 0.2) is 18.2 Å². The summed E-state index contributed by atoms with van der Waals surface area (Å²) in [6.45, 7) is 1.07. The Hall–Kier alpha value is -1.51. The third-order valence-corrected chi connectivity index (χ3v) is 4.47. The quantitative estimate of drug-likeness (QED) is 0.907. The molecule has 1 N–H and O–H groups in total. The number of carboxylic acids is 1. The first-order valence-corrected chi connectivity index (χ1v) is 7.35. The SMILES string of the molecule is O=C(O)Cc1cccc2c1N(C1CCCCC1)CC2. The Morgan fingerprint density at radius 2 is 2.05 bits per heavy atom. The van der Waals surface area contributed by atoms with E-state index in [1.54, 1.807) is 0 Å². The highest BCUT2D eigenvalue weighted by Gasteiger charge is 2.29. The van der Waals surface area contributed by atoms with Crippen molar-refractivity contribution < 1.29 is 9.90 Å². The smallest absolute Gasteiger partial charge is 0.307 e. The van der Waals surface area contributed by atoms with Gasteiger partial charge in [-0.3, -0.25) is 4.79 Å². The number of anilines is 1. The molecule has 0 amide bonds. The van der Waals surface area contributed by atoms with Crippen LogP contribution in [0.2, 0.25) is 0 Å². The van der Waals surface area contributed by atoms with E-state index in [9.17, 15) is 4.79 Å². The minimum atomic E-state index is -0.733. The van der Waals surface area contributed by atoms with E-state index in [2.05, 4.69) is 11.0 Å². The highest BCUT2D eigenvalue weighted by atomic mass is 16.4. The van der Waals surface area contributed by atoms with Crippen molar-refractivity contribution >= 4 is 11.7 Å². The summed E-state index contributed by atoms with van der Waals surface area (Å²) >= 11 is 0. The van der Waals surface area contributed by atoms with Gasteiger partial charge in [-0.25, -0.2) is 0 Å². The topological polar surface area (TPSA) is 40.5 Å². The molecule has 19 heavy (non-hydrogen) atoms. The van der Waals surface area contributed by atoms with Gasteiger partial charge in [-0.05, 0) is 30.4 Å². The summed E-state index contributed by atoms with van der Waals surface area (Å²) in [4.78, 5) is 13.5. The second-order valence-corrected chi connectivity index (χ2v) is 5.73. The summed E-state index contributed by atoms with van der Waals surface area (Å²) < 4.78 is 0. The first kappa shape index (κ1) is 12.5. The number of nitrogens with zero attached hydrogens (tertiary/aromatic N) is 1. The van der Waals surface area contributed by atoms with Gasteiger partial charge in [0, 0.05) is 18.3 Å². The van der Waals surface area contributed by atoms with E-state index in [1.165, 1.54) is 43.4 Å². The number of carboxylic acid groups (broad SMARTS) is 1. The monoisotopic (exact) mass is 259 g/mol. The molecule has 0 bridgehead atoms. The van der Waals surface area contributed by atoms with Gasteiger partial charge < -0.3 is 10.0 Å². The second kappa shape index (κ2) is 5.24. The summed E-state index contributed by atoms with van der Waals surface area (Å²) in [6, 6.07) is 6.77.